The molecular weight excluding hydrogens is 198 g/mol. The van der Waals surface area contributed by atoms with Crippen molar-refractivity contribution in [3.05, 3.63) is 12.2 Å². The van der Waals surface area contributed by atoms with Gasteiger partial charge in [-0.25, -0.2) is 4.79 Å². The minimum atomic E-state index is -0.775. The van der Waals surface area contributed by atoms with E-state index in [1.165, 1.54) is 6.92 Å². The highest BCUT2D eigenvalue weighted by molar-refractivity contribution is 6.23. The Labute approximate surface area is 88.5 Å². The van der Waals surface area contributed by atoms with E-state index in [0.717, 1.165) is 0 Å². The zero-order chi connectivity index (χ0) is 12.1. The van der Waals surface area contributed by atoms with E-state index in [9.17, 15) is 14.4 Å². The Balaban J connectivity index is 4.15. The van der Waals surface area contributed by atoms with Crippen molar-refractivity contribution in [2.24, 2.45) is 0 Å². The van der Waals surface area contributed by atoms with Gasteiger partial charge in [-0.3, -0.25) is 9.59 Å². The van der Waals surface area contributed by atoms with E-state index in [-0.39, 0.29) is 18.5 Å². The normalized spacial score (nSPS) is 10.3. The molecule has 0 aliphatic rings. The van der Waals surface area contributed by atoms with Crippen LogP contribution in [0, 0.1) is 0 Å². The van der Waals surface area contributed by atoms with Crippen LogP contribution in [0.15, 0.2) is 12.2 Å². The first-order chi connectivity index (χ1) is 6.78. The molecule has 0 saturated heterocycles. The number of hydrogen-bond donors (Lipinski definition) is 1. The molecule has 0 rings (SSSR count). The molecule has 5 heteroatoms. The van der Waals surface area contributed by atoms with Crippen LogP contribution < -0.4 is 5.32 Å². The zero-order valence-corrected chi connectivity index (χ0v) is 9.12. The van der Waals surface area contributed by atoms with E-state index < -0.39 is 17.4 Å². The standard InChI is InChI=1S/C10H15NO4/c1-7(2)9(14)15-6-10(3,4)11-8(13)5-12/h5H,1,6H2,2-4H3,(H,11,13). The van der Waals surface area contributed by atoms with Crippen LogP contribution >= 0.6 is 0 Å². The highest BCUT2D eigenvalue weighted by Crippen LogP contribution is 2.04. The Kier molecular flexibility index (Phi) is 4.70. The molecule has 0 aliphatic carbocycles. The van der Waals surface area contributed by atoms with Gasteiger partial charge in [0, 0.05) is 5.57 Å². The molecule has 5 nitrogen and oxygen atoms in total. The van der Waals surface area contributed by atoms with Crippen molar-refractivity contribution in [1.29, 1.82) is 0 Å². The van der Waals surface area contributed by atoms with Gasteiger partial charge < -0.3 is 10.1 Å². The van der Waals surface area contributed by atoms with Gasteiger partial charge >= 0.3 is 5.97 Å². The molecule has 0 atom stereocenters. The number of amides is 1. The van der Waals surface area contributed by atoms with Gasteiger partial charge in [0.1, 0.15) is 6.61 Å². The van der Waals surface area contributed by atoms with Crippen LogP contribution in [-0.4, -0.2) is 30.3 Å². The van der Waals surface area contributed by atoms with Gasteiger partial charge in [0.25, 0.3) is 5.91 Å². The van der Waals surface area contributed by atoms with Gasteiger partial charge in [-0.1, -0.05) is 6.58 Å². The first kappa shape index (κ1) is 13.4. The van der Waals surface area contributed by atoms with Crippen molar-refractivity contribution in [1.82, 2.24) is 5.32 Å². The Morgan fingerprint density at radius 3 is 2.40 bits per heavy atom. The molecule has 0 bridgehead atoms. The number of rotatable bonds is 5. The molecule has 0 aromatic rings. The molecule has 0 heterocycles. The van der Waals surface area contributed by atoms with E-state index in [4.69, 9.17) is 4.74 Å². The van der Waals surface area contributed by atoms with E-state index in [1.807, 2.05) is 0 Å². The number of carbonyl (C=O) groups is 3. The van der Waals surface area contributed by atoms with Crippen molar-refractivity contribution >= 4 is 18.2 Å². The smallest absolute Gasteiger partial charge is 0.333 e. The first-order valence-electron chi connectivity index (χ1n) is 4.38. The van der Waals surface area contributed by atoms with Crippen LogP contribution in [0.2, 0.25) is 0 Å². The van der Waals surface area contributed by atoms with Gasteiger partial charge in [-0.05, 0) is 20.8 Å². The molecule has 0 aromatic carbocycles. The summed E-state index contributed by atoms with van der Waals surface area (Å²) in [6.45, 7) is 8.20. The predicted octanol–water partition coefficient (Wildman–Crippen LogP) is 0.199. The largest absolute Gasteiger partial charge is 0.460 e. The zero-order valence-electron chi connectivity index (χ0n) is 9.12. The summed E-state index contributed by atoms with van der Waals surface area (Å²) in [6, 6.07) is 0. The summed E-state index contributed by atoms with van der Waals surface area (Å²) >= 11 is 0. The second-order valence-electron chi connectivity index (χ2n) is 3.85. The average Bonchev–Trinajstić information content (AvgIpc) is 2.13. The van der Waals surface area contributed by atoms with Crippen LogP contribution in [0.3, 0.4) is 0 Å². The quantitative estimate of drug-likeness (QED) is 0.306. The summed E-state index contributed by atoms with van der Waals surface area (Å²) in [5.74, 6) is -1.27. The van der Waals surface area contributed by atoms with Crippen LogP contribution in [0.1, 0.15) is 20.8 Å². The number of carbonyl (C=O) groups excluding carboxylic acids is 3. The lowest BCUT2D eigenvalue weighted by molar-refractivity contribution is -0.142. The molecule has 0 unspecified atom stereocenters. The van der Waals surface area contributed by atoms with E-state index >= 15 is 0 Å². The summed E-state index contributed by atoms with van der Waals surface area (Å²) in [5, 5.41) is 2.39. The Bertz CT molecular complexity index is 294. The summed E-state index contributed by atoms with van der Waals surface area (Å²) in [6.07, 6.45) is 0.169. The van der Waals surface area contributed by atoms with Crippen LogP contribution in [0.4, 0.5) is 0 Å². The lowest BCUT2D eigenvalue weighted by Crippen LogP contribution is -2.47. The minimum absolute atomic E-state index is 0.0156. The number of nitrogens with one attached hydrogen (secondary N) is 1. The van der Waals surface area contributed by atoms with Crippen molar-refractivity contribution in [2.75, 3.05) is 6.61 Å². The lowest BCUT2D eigenvalue weighted by atomic mass is 10.1. The molecule has 1 N–H and O–H groups in total. The van der Waals surface area contributed by atoms with E-state index in [2.05, 4.69) is 11.9 Å². The monoisotopic (exact) mass is 213 g/mol. The van der Waals surface area contributed by atoms with Gasteiger partial charge in [0.05, 0.1) is 5.54 Å². The summed E-state index contributed by atoms with van der Waals surface area (Å²) in [7, 11) is 0. The van der Waals surface area contributed by atoms with Gasteiger partial charge in [-0.15, -0.1) is 0 Å². The molecule has 0 aromatic heterocycles. The number of aldehydes is 1. The highest BCUT2D eigenvalue weighted by Gasteiger charge is 2.22. The third-order valence-electron chi connectivity index (χ3n) is 1.48. The fourth-order valence-electron chi connectivity index (χ4n) is 0.768. The number of esters is 1. The predicted molar refractivity (Wildman–Crippen MR) is 54.1 cm³/mol. The second-order valence-corrected chi connectivity index (χ2v) is 3.85. The molecule has 0 saturated carbocycles. The Hall–Kier alpha value is -1.65. The fourth-order valence-corrected chi connectivity index (χ4v) is 0.768. The minimum Gasteiger partial charge on any atom is -0.460 e. The van der Waals surface area contributed by atoms with Gasteiger partial charge in [0.2, 0.25) is 6.29 Å². The molecule has 0 aliphatic heterocycles. The lowest BCUT2D eigenvalue weighted by Gasteiger charge is -2.24. The summed E-state index contributed by atoms with van der Waals surface area (Å²) in [4.78, 5) is 31.9. The van der Waals surface area contributed by atoms with Gasteiger partial charge in [0.15, 0.2) is 0 Å². The molecule has 0 spiro atoms. The third-order valence-corrected chi connectivity index (χ3v) is 1.48. The van der Waals surface area contributed by atoms with Crippen molar-refractivity contribution in [2.45, 2.75) is 26.3 Å². The van der Waals surface area contributed by atoms with Gasteiger partial charge in [-0.2, -0.15) is 0 Å². The molecule has 84 valence electrons. The van der Waals surface area contributed by atoms with E-state index in [1.54, 1.807) is 13.8 Å². The molecular formula is C10H15NO4. The van der Waals surface area contributed by atoms with Crippen LogP contribution in [0.5, 0.6) is 0 Å². The fraction of sp³-hybridized carbons (Fsp3) is 0.500. The van der Waals surface area contributed by atoms with Crippen LogP contribution in [-0.2, 0) is 19.1 Å². The Morgan fingerprint density at radius 2 is 2.00 bits per heavy atom. The molecule has 0 fully saturated rings. The first-order valence-corrected chi connectivity index (χ1v) is 4.38. The summed E-state index contributed by atoms with van der Waals surface area (Å²) < 4.78 is 4.84. The Morgan fingerprint density at radius 1 is 1.47 bits per heavy atom. The van der Waals surface area contributed by atoms with E-state index in [0.29, 0.717) is 0 Å². The SMILES string of the molecule is C=C(C)C(=O)OCC(C)(C)NC(=O)C=O. The molecule has 15 heavy (non-hydrogen) atoms. The maximum absolute atomic E-state index is 11.0. The van der Waals surface area contributed by atoms with Crippen molar-refractivity contribution in [3.63, 3.8) is 0 Å². The molecule has 0 radical (unpaired) electrons. The van der Waals surface area contributed by atoms with Crippen LogP contribution in [0.25, 0.3) is 0 Å². The van der Waals surface area contributed by atoms with Crippen molar-refractivity contribution in [3.8, 4) is 0 Å². The topological polar surface area (TPSA) is 72.5 Å². The summed E-state index contributed by atoms with van der Waals surface area (Å²) in [5.41, 5.74) is -0.490. The molecule has 1 amide bonds. The number of ether oxygens (including phenoxy) is 1. The third kappa shape index (κ3) is 5.61. The maximum atomic E-state index is 11.0. The average molecular weight is 213 g/mol. The highest BCUT2D eigenvalue weighted by atomic mass is 16.5. The maximum Gasteiger partial charge on any atom is 0.333 e. The van der Waals surface area contributed by atoms with Crippen molar-refractivity contribution < 1.29 is 19.1 Å². The number of hydrogen-bond acceptors (Lipinski definition) is 4. The second kappa shape index (κ2) is 5.29.